The molecule has 0 aliphatic carbocycles. The third-order valence-corrected chi connectivity index (χ3v) is 7.41. The molecular formula is C20H20N4O3S2. The van der Waals surface area contributed by atoms with Crippen molar-refractivity contribution in [2.24, 2.45) is 0 Å². The first-order valence-corrected chi connectivity index (χ1v) is 11.6. The summed E-state index contributed by atoms with van der Waals surface area (Å²) in [6.45, 7) is 0.833. The van der Waals surface area contributed by atoms with Crippen LogP contribution < -0.4 is 5.32 Å². The Morgan fingerprint density at radius 3 is 2.72 bits per heavy atom. The van der Waals surface area contributed by atoms with Crippen molar-refractivity contribution in [2.45, 2.75) is 23.7 Å². The summed E-state index contributed by atoms with van der Waals surface area (Å²) < 4.78 is 27.4. The van der Waals surface area contributed by atoms with E-state index in [2.05, 4.69) is 15.3 Å². The quantitative estimate of drug-likeness (QED) is 0.673. The summed E-state index contributed by atoms with van der Waals surface area (Å²) in [7, 11) is -3.54. The zero-order chi connectivity index (χ0) is 20.3. The van der Waals surface area contributed by atoms with Gasteiger partial charge in [-0.15, -0.1) is 11.3 Å². The van der Waals surface area contributed by atoms with Gasteiger partial charge in [0.2, 0.25) is 10.0 Å². The van der Waals surface area contributed by atoms with Crippen LogP contribution in [-0.2, 0) is 10.0 Å². The van der Waals surface area contributed by atoms with Gasteiger partial charge in [-0.1, -0.05) is 24.3 Å². The first-order valence-electron chi connectivity index (χ1n) is 9.27. The fourth-order valence-corrected chi connectivity index (χ4v) is 5.46. The van der Waals surface area contributed by atoms with E-state index in [0.29, 0.717) is 28.8 Å². The lowest BCUT2D eigenvalue weighted by Gasteiger charge is -2.31. The number of amides is 1. The minimum absolute atomic E-state index is 0.0603. The summed E-state index contributed by atoms with van der Waals surface area (Å²) in [5.74, 6) is -0.388. The number of aromatic nitrogens is 2. The van der Waals surface area contributed by atoms with Crippen molar-refractivity contribution in [1.29, 1.82) is 0 Å². The van der Waals surface area contributed by atoms with E-state index in [1.54, 1.807) is 54.0 Å². The molecule has 0 spiro atoms. The minimum Gasteiger partial charge on any atom is -0.296 e. The molecule has 29 heavy (non-hydrogen) atoms. The molecule has 1 saturated heterocycles. The van der Waals surface area contributed by atoms with E-state index in [-0.39, 0.29) is 11.8 Å². The summed E-state index contributed by atoms with van der Waals surface area (Å²) in [5.41, 5.74) is 1.02. The van der Waals surface area contributed by atoms with Crippen LogP contribution in [-0.4, -0.2) is 41.7 Å². The number of pyridine rings is 1. The fourth-order valence-electron chi connectivity index (χ4n) is 3.40. The summed E-state index contributed by atoms with van der Waals surface area (Å²) in [6, 6.07) is 13.7. The number of rotatable bonds is 5. The van der Waals surface area contributed by atoms with E-state index in [1.807, 2.05) is 6.07 Å². The van der Waals surface area contributed by atoms with Gasteiger partial charge >= 0.3 is 0 Å². The fraction of sp³-hybridized carbons (Fsp3) is 0.250. The minimum atomic E-state index is -3.54. The van der Waals surface area contributed by atoms with Crippen LogP contribution in [0.3, 0.4) is 0 Å². The van der Waals surface area contributed by atoms with E-state index < -0.39 is 10.0 Å². The molecule has 3 heterocycles. The summed E-state index contributed by atoms with van der Waals surface area (Å²) in [4.78, 5) is 21.3. The molecule has 0 unspecified atom stereocenters. The average Bonchev–Trinajstić information content (AvgIpc) is 3.27. The number of piperidine rings is 1. The maximum atomic E-state index is 13.0. The number of hydrogen-bond acceptors (Lipinski definition) is 6. The van der Waals surface area contributed by atoms with Gasteiger partial charge in [0.1, 0.15) is 5.69 Å². The van der Waals surface area contributed by atoms with Crippen molar-refractivity contribution in [1.82, 2.24) is 14.3 Å². The number of anilines is 1. The lowest BCUT2D eigenvalue weighted by molar-refractivity contribution is 0.102. The predicted octanol–water partition coefficient (Wildman–Crippen LogP) is 3.36. The Bertz CT molecular complexity index is 1090. The van der Waals surface area contributed by atoms with Crippen LogP contribution in [0, 0.1) is 0 Å². The maximum Gasteiger partial charge on any atom is 0.276 e. The van der Waals surface area contributed by atoms with Gasteiger partial charge in [-0.05, 0) is 37.1 Å². The first-order chi connectivity index (χ1) is 14.0. The second kappa shape index (κ2) is 8.40. The SMILES string of the molecule is O=C(Nc1nccs1)c1cccc([C@@H]2CCCN(S(=O)(=O)c3ccccc3)C2)n1. The molecule has 4 rings (SSSR count). The molecule has 0 bridgehead atoms. The third-order valence-electron chi connectivity index (χ3n) is 4.84. The lowest BCUT2D eigenvalue weighted by atomic mass is 9.95. The highest BCUT2D eigenvalue weighted by Crippen LogP contribution is 2.29. The van der Waals surface area contributed by atoms with Crippen LogP contribution in [0.15, 0.2) is 65.0 Å². The maximum absolute atomic E-state index is 13.0. The number of carbonyl (C=O) groups is 1. The van der Waals surface area contributed by atoms with Gasteiger partial charge in [0, 0.05) is 36.3 Å². The predicted molar refractivity (Wildman–Crippen MR) is 111 cm³/mol. The third kappa shape index (κ3) is 4.36. The van der Waals surface area contributed by atoms with Crippen LogP contribution in [0.2, 0.25) is 0 Å². The van der Waals surface area contributed by atoms with Gasteiger partial charge in [-0.25, -0.2) is 18.4 Å². The van der Waals surface area contributed by atoms with Gasteiger partial charge in [-0.2, -0.15) is 4.31 Å². The normalized spacial score (nSPS) is 17.7. The Balaban J connectivity index is 1.52. The zero-order valence-corrected chi connectivity index (χ0v) is 17.2. The van der Waals surface area contributed by atoms with Gasteiger partial charge in [-0.3, -0.25) is 10.1 Å². The molecule has 2 aromatic heterocycles. The Hall–Kier alpha value is -2.62. The Morgan fingerprint density at radius 1 is 1.14 bits per heavy atom. The largest absolute Gasteiger partial charge is 0.296 e. The summed E-state index contributed by atoms with van der Waals surface area (Å²) in [6.07, 6.45) is 3.19. The highest BCUT2D eigenvalue weighted by atomic mass is 32.2. The molecule has 0 radical (unpaired) electrons. The van der Waals surface area contributed by atoms with Crippen molar-refractivity contribution in [3.05, 3.63) is 71.5 Å². The molecule has 3 aromatic rings. The molecule has 1 fully saturated rings. The zero-order valence-electron chi connectivity index (χ0n) is 15.6. The Morgan fingerprint density at radius 2 is 1.97 bits per heavy atom. The number of thiazole rings is 1. The van der Waals surface area contributed by atoms with Crippen LogP contribution >= 0.6 is 11.3 Å². The van der Waals surface area contributed by atoms with E-state index in [0.717, 1.165) is 18.5 Å². The molecule has 9 heteroatoms. The van der Waals surface area contributed by atoms with E-state index >= 15 is 0 Å². The first kappa shape index (κ1) is 19.7. The number of benzene rings is 1. The highest BCUT2D eigenvalue weighted by molar-refractivity contribution is 7.89. The van der Waals surface area contributed by atoms with E-state index in [1.165, 1.54) is 15.6 Å². The number of nitrogens with zero attached hydrogens (tertiary/aromatic N) is 3. The van der Waals surface area contributed by atoms with Crippen LogP contribution in [0.4, 0.5) is 5.13 Å². The van der Waals surface area contributed by atoms with Crippen molar-refractivity contribution in [3.63, 3.8) is 0 Å². The standard InChI is InChI=1S/C20H20N4O3S2/c25-19(23-20-21-11-13-28-20)18-10-4-9-17(22-18)15-6-5-12-24(14-15)29(26,27)16-7-2-1-3-8-16/h1-4,7-11,13,15H,5-6,12,14H2,(H,21,23,25)/t15-/m1/s1. The highest BCUT2D eigenvalue weighted by Gasteiger charge is 2.31. The Kier molecular flexibility index (Phi) is 5.70. The number of carbonyl (C=O) groups excluding carboxylic acids is 1. The number of sulfonamides is 1. The summed E-state index contributed by atoms with van der Waals surface area (Å²) >= 11 is 1.33. The smallest absolute Gasteiger partial charge is 0.276 e. The topological polar surface area (TPSA) is 92.3 Å². The van der Waals surface area contributed by atoms with Crippen molar-refractivity contribution in [3.8, 4) is 0 Å². The molecule has 7 nitrogen and oxygen atoms in total. The molecule has 1 aliphatic rings. The molecular weight excluding hydrogens is 408 g/mol. The van der Waals surface area contributed by atoms with Crippen molar-refractivity contribution >= 4 is 32.4 Å². The van der Waals surface area contributed by atoms with Crippen molar-refractivity contribution < 1.29 is 13.2 Å². The molecule has 1 N–H and O–H groups in total. The van der Waals surface area contributed by atoms with E-state index in [9.17, 15) is 13.2 Å². The van der Waals surface area contributed by atoms with Gasteiger partial charge in [0.25, 0.3) is 5.91 Å². The second-order valence-corrected chi connectivity index (χ2v) is 9.59. The number of nitrogens with one attached hydrogen (secondary N) is 1. The molecule has 1 aromatic carbocycles. The Labute approximate surface area is 173 Å². The average molecular weight is 429 g/mol. The molecule has 0 saturated carbocycles. The molecule has 1 aliphatic heterocycles. The van der Waals surface area contributed by atoms with Crippen molar-refractivity contribution in [2.75, 3.05) is 18.4 Å². The summed E-state index contributed by atoms with van der Waals surface area (Å²) in [5, 5.41) is 5.02. The van der Waals surface area contributed by atoms with Crippen LogP contribution in [0.1, 0.15) is 34.9 Å². The van der Waals surface area contributed by atoms with Gasteiger partial charge in [0.15, 0.2) is 5.13 Å². The van der Waals surface area contributed by atoms with Gasteiger partial charge in [0.05, 0.1) is 4.90 Å². The van der Waals surface area contributed by atoms with Crippen LogP contribution in [0.5, 0.6) is 0 Å². The molecule has 150 valence electrons. The van der Waals surface area contributed by atoms with Crippen LogP contribution in [0.25, 0.3) is 0 Å². The second-order valence-electron chi connectivity index (χ2n) is 6.75. The molecule has 1 amide bonds. The van der Waals surface area contributed by atoms with E-state index in [4.69, 9.17) is 0 Å². The lowest BCUT2D eigenvalue weighted by Crippen LogP contribution is -2.39. The monoisotopic (exact) mass is 428 g/mol. The van der Waals surface area contributed by atoms with Gasteiger partial charge < -0.3 is 0 Å². The number of hydrogen-bond donors (Lipinski definition) is 1. The molecule has 1 atom stereocenters.